The Hall–Kier alpha value is -3.02. The molecule has 1 aliphatic heterocycles. The molecule has 4 nitrogen and oxygen atoms in total. The average molecular weight is 450 g/mol. The van der Waals surface area contributed by atoms with Crippen LogP contribution in [0.4, 0.5) is 10.5 Å². The molecule has 0 radical (unpaired) electrons. The Bertz CT molecular complexity index is 1160. The second-order valence-electron chi connectivity index (χ2n) is 6.95. The number of aryl methyl sites for hydroxylation is 1. The van der Waals surface area contributed by atoms with E-state index < -0.39 is 0 Å². The normalized spacial score (nSPS) is 15.0. The van der Waals surface area contributed by atoms with Gasteiger partial charge in [0.2, 0.25) is 0 Å². The largest absolute Gasteiger partial charge is 0.488 e. The van der Waals surface area contributed by atoms with E-state index in [1.165, 1.54) is 4.90 Å². The number of ether oxygens (including phenoxy) is 1. The van der Waals surface area contributed by atoms with Crippen molar-refractivity contribution in [2.75, 3.05) is 4.90 Å². The third-order valence-corrected chi connectivity index (χ3v) is 6.04. The van der Waals surface area contributed by atoms with Crippen molar-refractivity contribution in [2.45, 2.75) is 20.0 Å². The fourth-order valence-corrected chi connectivity index (χ4v) is 4.27. The molecule has 1 aliphatic rings. The topological polar surface area (TPSA) is 46.6 Å². The van der Waals surface area contributed by atoms with Crippen molar-refractivity contribution < 1.29 is 14.3 Å². The third-order valence-electron chi connectivity index (χ3n) is 4.92. The second kappa shape index (κ2) is 9.41. The number of amides is 2. The van der Waals surface area contributed by atoms with E-state index in [0.717, 1.165) is 34.9 Å². The van der Waals surface area contributed by atoms with Gasteiger partial charge in [-0.2, -0.15) is 0 Å². The van der Waals surface area contributed by atoms with E-state index in [0.29, 0.717) is 28.0 Å². The van der Waals surface area contributed by atoms with Gasteiger partial charge in [-0.1, -0.05) is 67.1 Å². The average Bonchev–Trinajstić information content (AvgIpc) is 3.06. The van der Waals surface area contributed by atoms with Crippen molar-refractivity contribution in [1.29, 1.82) is 0 Å². The predicted octanol–water partition coefficient (Wildman–Crippen LogP) is 6.72. The summed E-state index contributed by atoms with van der Waals surface area (Å²) in [6.45, 7) is 2.37. The summed E-state index contributed by atoms with van der Waals surface area (Å²) in [5.74, 6) is 0.321. The third kappa shape index (κ3) is 4.68. The maximum atomic E-state index is 13.1. The molecule has 0 atom stereocenters. The lowest BCUT2D eigenvalue weighted by molar-refractivity contribution is -0.113. The van der Waals surface area contributed by atoms with Crippen molar-refractivity contribution in [2.24, 2.45) is 0 Å². The van der Waals surface area contributed by atoms with Crippen molar-refractivity contribution in [1.82, 2.24) is 0 Å². The van der Waals surface area contributed by atoms with Crippen LogP contribution >= 0.6 is 23.4 Å². The van der Waals surface area contributed by atoms with Crippen LogP contribution in [0.3, 0.4) is 0 Å². The van der Waals surface area contributed by atoms with E-state index in [1.54, 1.807) is 12.1 Å². The minimum atomic E-state index is -0.316. The number of anilines is 1. The zero-order chi connectivity index (χ0) is 21.8. The van der Waals surface area contributed by atoms with E-state index in [4.69, 9.17) is 16.3 Å². The number of imide groups is 1. The highest BCUT2D eigenvalue weighted by Gasteiger charge is 2.37. The van der Waals surface area contributed by atoms with Crippen LogP contribution in [0.5, 0.6) is 5.75 Å². The van der Waals surface area contributed by atoms with Gasteiger partial charge in [-0.25, -0.2) is 4.90 Å². The van der Waals surface area contributed by atoms with Crippen LogP contribution in [0.25, 0.3) is 6.08 Å². The molecule has 1 fully saturated rings. The van der Waals surface area contributed by atoms with Crippen molar-refractivity contribution in [3.8, 4) is 5.75 Å². The van der Waals surface area contributed by atoms with Gasteiger partial charge >= 0.3 is 0 Å². The number of benzene rings is 3. The molecule has 0 bridgehead atoms. The summed E-state index contributed by atoms with van der Waals surface area (Å²) < 4.78 is 5.98. The van der Waals surface area contributed by atoms with E-state index in [2.05, 4.69) is 0 Å². The smallest absolute Gasteiger partial charge is 0.298 e. The molecule has 2 amide bonds. The molecule has 0 saturated carbocycles. The van der Waals surface area contributed by atoms with Crippen LogP contribution in [0.1, 0.15) is 23.6 Å². The summed E-state index contributed by atoms with van der Waals surface area (Å²) in [5.41, 5.74) is 3.32. The van der Waals surface area contributed by atoms with Gasteiger partial charge in [0.1, 0.15) is 12.4 Å². The minimum Gasteiger partial charge on any atom is -0.488 e. The van der Waals surface area contributed by atoms with Crippen molar-refractivity contribution >= 4 is 46.3 Å². The molecule has 0 aliphatic carbocycles. The number of thioether (sulfide) groups is 1. The van der Waals surface area contributed by atoms with Gasteiger partial charge in [-0.3, -0.25) is 9.59 Å². The fraction of sp³-hybridized carbons (Fsp3) is 0.120. The number of carbonyl (C=O) groups is 2. The Morgan fingerprint density at radius 1 is 0.968 bits per heavy atom. The minimum absolute atomic E-state index is 0.295. The fourth-order valence-electron chi connectivity index (χ4n) is 3.32. The number of nitrogens with zero attached hydrogens (tertiary/aromatic N) is 1. The molecule has 6 heteroatoms. The van der Waals surface area contributed by atoms with Gasteiger partial charge in [0, 0.05) is 10.6 Å². The molecular formula is C25H20ClNO3S. The van der Waals surface area contributed by atoms with Crippen LogP contribution in [0.15, 0.2) is 77.7 Å². The number of para-hydroxylation sites is 2. The molecular weight excluding hydrogens is 430 g/mol. The molecule has 0 aromatic heterocycles. The highest BCUT2D eigenvalue weighted by atomic mass is 35.5. The summed E-state index contributed by atoms with van der Waals surface area (Å²) in [6.07, 6.45) is 2.45. The summed E-state index contributed by atoms with van der Waals surface area (Å²) >= 11 is 6.88. The zero-order valence-corrected chi connectivity index (χ0v) is 18.5. The first-order valence-corrected chi connectivity index (χ1v) is 11.1. The second-order valence-corrected chi connectivity index (χ2v) is 8.38. The lowest BCUT2D eigenvalue weighted by Gasteiger charge is -2.16. The van der Waals surface area contributed by atoms with E-state index in [-0.39, 0.29) is 11.1 Å². The molecule has 3 aromatic carbocycles. The number of halogens is 1. The van der Waals surface area contributed by atoms with Gasteiger partial charge < -0.3 is 4.74 Å². The van der Waals surface area contributed by atoms with Crippen LogP contribution < -0.4 is 9.64 Å². The lowest BCUT2D eigenvalue weighted by atomic mass is 10.1. The first-order valence-electron chi connectivity index (χ1n) is 9.89. The molecule has 0 spiro atoms. The molecule has 0 N–H and O–H groups in total. The predicted molar refractivity (Wildman–Crippen MR) is 126 cm³/mol. The highest BCUT2D eigenvalue weighted by Crippen LogP contribution is 2.38. The molecule has 1 heterocycles. The van der Waals surface area contributed by atoms with E-state index in [9.17, 15) is 9.59 Å². The standard InChI is InChI=1S/C25H20ClNO3S/c1-2-18-7-3-5-9-21(18)27-24(28)23(31-25(27)29)15-19-8-4-6-10-22(19)30-16-17-11-13-20(26)14-12-17/h3-15H,2,16H2,1H3/b23-15-. The van der Waals surface area contributed by atoms with E-state index >= 15 is 0 Å². The Morgan fingerprint density at radius 2 is 1.68 bits per heavy atom. The lowest BCUT2D eigenvalue weighted by Crippen LogP contribution is -2.28. The van der Waals surface area contributed by atoms with Crippen LogP contribution in [0, 0.1) is 0 Å². The first kappa shape index (κ1) is 21.2. The molecule has 0 unspecified atom stereocenters. The molecule has 3 aromatic rings. The quantitative estimate of drug-likeness (QED) is 0.392. The van der Waals surface area contributed by atoms with Crippen LogP contribution in [-0.2, 0) is 17.8 Å². The molecule has 31 heavy (non-hydrogen) atoms. The van der Waals surface area contributed by atoms with Crippen LogP contribution in [-0.4, -0.2) is 11.1 Å². The Morgan fingerprint density at radius 3 is 2.45 bits per heavy atom. The summed E-state index contributed by atoms with van der Waals surface area (Å²) in [6, 6.07) is 22.4. The van der Waals surface area contributed by atoms with Gasteiger partial charge in [0.25, 0.3) is 11.1 Å². The number of carbonyl (C=O) groups excluding carboxylic acids is 2. The Balaban J connectivity index is 1.58. The summed E-state index contributed by atoms with van der Waals surface area (Å²) in [5, 5.41) is 0.376. The number of hydrogen-bond donors (Lipinski definition) is 0. The van der Waals surface area contributed by atoms with Crippen LogP contribution in [0.2, 0.25) is 5.02 Å². The van der Waals surface area contributed by atoms with Crippen molar-refractivity contribution in [3.63, 3.8) is 0 Å². The Labute approximate surface area is 190 Å². The first-order chi connectivity index (χ1) is 15.1. The maximum absolute atomic E-state index is 13.1. The van der Waals surface area contributed by atoms with Gasteiger partial charge in [-0.05, 0) is 59.7 Å². The van der Waals surface area contributed by atoms with Gasteiger partial charge in [0.05, 0.1) is 10.6 Å². The van der Waals surface area contributed by atoms with Gasteiger partial charge in [0.15, 0.2) is 0 Å². The van der Waals surface area contributed by atoms with Crippen molar-refractivity contribution in [3.05, 3.63) is 99.4 Å². The zero-order valence-electron chi connectivity index (χ0n) is 16.9. The highest BCUT2D eigenvalue weighted by molar-refractivity contribution is 8.19. The monoisotopic (exact) mass is 449 g/mol. The van der Waals surface area contributed by atoms with E-state index in [1.807, 2.05) is 73.7 Å². The van der Waals surface area contributed by atoms with Gasteiger partial charge in [-0.15, -0.1) is 0 Å². The number of rotatable bonds is 6. The molecule has 156 valence electrons. The molecule has 4 rings (SSSR count). The maximum Gasteiger partial charge on any atom is 0.298 e. The number of hydrogen-bond acceptors (Lipinski definition) is 4. The summed E-state index contributed by atoms with van der Waals surface area (Å²) in [7, 11) is 0. The summed E-state index contributed by atoms with van der Waals surface area (Å²) in [4.78, 5) is 27.4. The Kier molecular flexibility index (Phi) is 6.44. The molecule has 1 saturated heterocycles. The SMILES string of the molecule is CCc1ccccc1N1C(=O)S/C(=C\c2ccccc2OCc2ccc(Cl)cc2)C1=O.